The number of amides is 2. The first-order valence-electron chi connectivity index (χ1n) is 11.2. The summed E-state index contributed by atoms with van der Waals surface area (Å²) < 4.78 is 16.9. The van der Waals surface area contributed by atoms with Crippen molar-refractivity contribution < 1.29 is 23.8 Å². The maximum atomic E-state index is 13.0. The molecule has 0 aromatic heterocycles. The van der Waals surface area contributed by atoms with E-state index in [1.165, 1.54) is 14.2 Å². The summed E-state index contributed by atoms with van der Waals surface area (Å²) in [5, 5.41) is 6.28. The van der Waals surface area contributed by atoms with Gasteiger partial charge in [0.15, 0.2) is 11.5 Å². The molecule has 0 fully saturated rings. The molecule has 9 heteroatoms. The van der Waals surface area contributed by atoms with Crippen LogP contribution in [0.4, 0.5) is 0 Å². The Labute approximate surface area is 206 Å². The molecule has 0 aliphatic rings. The summed E-state index contributed by atoms with van der Waals surface area (Å²) in [5.74, 6) is 0.400. The Morgan fingerprint density at radius 3 is 2.29 bits per heavy atom. The van der Waals surface area contributed by atoms with Gasteiger partial charge in [-0.15, -0.1) is 0 Å². The summed E-state index contributed by atoms with van der Waals surface area (Å²) in [4.78, 5) is 27.6. The lowest BCUT2D eigenvalue weighted by Gasteiger charge is -2.20. The van der Waals surface area contributed by atoms with Crippen LogP contribution in [0.1, 0.15) is 35.7 Å². The van der Waals surface area contributed by atoms with Crippen molar-refractivity contribution >= 4 is 23.4 Å². The minimum Gasteiger partial charge on any atom is -0.493 e. The molecular weight excluding hydrogens is 458 g/mol. The maximum absolute atomic E-state index is 13.0. The Hall–Kier alpha value is -2.97. The van der Waals surface area contributed by atoms with Crippen LogP contribution in [0.5, 0.6) is 17.2 Å². The molecule has 0 bridgehead atoms. The van der Waals surface area contributed by atoms with Crippen molar-refractivity contribution in [3.8, 4) is 17.2 Å². The summed E-state index contributed by atoms with van der Waals surface area (Å²) >= 11 is 6.22. The second kappa shape index (κ2) is 13.7. The van der Waals surface area contributed by atoms with Crippen molar-refractivity contribution in [2.45, 2.75) is 32.4 Å². The van der Waals surface area contributed by atoms with Gasteiger partial charge in [-0.1, -0.05) is 43.1 Å². The van der Waals surface area contributed by atoms with E-state index < -0.39 is 11.9 Å². The number of rotatable bonds is 13. The number of likely N-dealkylation sites (N-methyl/N-ethyl adjacent to an activating group) is 1. The van der Waals surface area contributed by atoms with Crippen LogP contribution in [0.25, 0.3) is 0 Å². The average Bonchev–Trinajstić information content (AvgIpc) is 2.82. The Balaban J connectivity index is 2.19. The highest BCUT2D eigenvalue weighted by Crippen LogP contribution is 2.39. The van der Waals surface area contributed by atoms with Gasteiger partial charge in [0, 0.05) is 29.2 Å². The molecule has 2 aromatic rings. The third-order valence-electron chi connectivity index (χ3n) is 5.11. The molecule has 0 aliphatic carbocycles. The van der Waals surface area contributed by atoms with Gasteiger partial charge in [0.2, 0.25) is 11.7 Å². The first-order valence-corrected chi connectivity index (χ1v) is 11.5. The van der Waals surface area contributed by atoms with Crippen molar-refractivity contribution in [3.05, 3.63) is 52.5 Å². The molecule has 0 radical (unpaired) electrons. The van der Waals surface area contributed by atoms with Gasteiger partial charge in [0.1, 0.15) is 12.6 Å². The highest BCUT2D eigenvalue weighted by atomic mass is 35.5. The summed E-state index contributed by atoms with van der Waals surface area (Å²) in [5.41, 5.74) is 1.10. The summed E-state index contributed by atoms with van der Waals surface area (Å²) in [6.45, 7) is 3.37. The van der Waals surface area contributed by atoms with Crippen LogP contribution in [0.3, 0.4) is 0 Å². The number of carbonyl (C=O) groups is 2. The molecule has 0 aliphatic heterocycles. The number of nitrogens with zero attached hydrogens (tertiary/aromatic N) is 1. The van der Waals surface area contributed by atoms with Crippen LogP contribution in [0.2, 0.25) is 5.02 Å². The minimum absolute atomic E-state index is 0.198. The number of carbonyl (C=O) groups excluding carboxylic acids is 2. The number of hydrogen-bond acceptors (Lipinski definition) is 6. The van der Waals surface area contributed by atoms with Crippen molar-refractivity contribution in [1.29, 1.82) is 0 Å². The molecule has 2 N–H and O–H groups in total. The highest BCUT2D eigenvalue weighted by molar-refractivity contribution is 6.31. The maximum Gasteiger partial charge on any atom is 0.252 e. The molecule has 0 spiro atoms. The molecule has 2 amide bonds. The molecule has 8 nitrogen and oxygen atoms in total. The van der Waals surface area contributed by atoms with Gasteiger partial charge in [-0.25, -0.2) is 0 Å². The monoisotopic (exact) mass is 491 g/mol. The second-order valence-electron chi connectivity index (χ2n) is 8.00. The van der Waals surface area contributed by atoms with Crippen molar-refractivity contribution in [1.82, 2.24) is 15.5 Å². The number of halogens is 1. The van der Waals surface area contributed by atoms with Gasteiger partial charge in [0.25, 0.3) is 5.91 Å². The molecule has 2 aromatic carbocycles. The Morgan fingerprint density at radius 1 is 1.09 bits per heavy atom. The number of hydrogen-bond donors (Lipinski definition) is 2. The Morgan fingerprint density at radius 2 is 1.74 bits per heavy atom. The third-order valence-corrected chi connectivity index (χ3v) is 5.48. The topological polar surface area (TPSA) is 89.1 Å². The quantitative estimate of drug-likeness (QED) is 0.445. The van der Waals surface area contributed by atoms with Crippen LogP contribution in [-0.2, 0) is 11.4 Å². The van der Waals surface area contributed by atoms with Crippen molar-refractivity contribution in [2.24, 2.45) is 0 Å². The van der Waals surface area contributed by atoms with Gasteiger partial charge >= 0.3 is 0 Å². The van der Waals surface area contributed by atoms with Crippen LogP contribution in [0, 0.1) is 0 Å². The highest BCUT2D eigenvalue weighted by Gasteiger charge is 2.23. The molecule has 34 heavy (non-hydrogen) atoms. The van der Waals surface area contributed by atoms with E-state index in [9.17, 15) is 9.59 Å². The average molecular weight is 492 g/mol. The lowest BCUT2D eigenvalue weighted by Crippen LogP contribution is -2.47. The molecule has 1 atom stereocenters. The molecule has 0 heterocycles. The van der Waals surface area contributed by atoms with Crippen LogP contribution in [0.15, 0.2) is 36.4 Å². The van der Waals surface area contributed by atoms with E-state index in [2.05, 4.69) is 10.6 Å². The first kappa shape index (κ1) is 27.3. The molecule has 0 saturated heterocycles. The predicted octanol–water partition coefficient (Wildman–Crippen LogP) is 3.51. The zero-order valence-corrected chi connectivity index (χ0v) is 21.2. The standard InChI is InChI=1S/C25H34ClN3O5/c1-6-9-20(25(31)27-12-13-29(2)3)28-24(30)18-14-21(32-4)23(22(15-18)33-5)34-16-17-10-7-8-11-19(17)26/h7-8,10-11,14-15,20H,6,9,12-13,16H2,1-5H3,(H,27,31)(H,28,30)/t20-/m0/s1. The predicted molar refractivity (Wildman–Crippen MR) is 133 cm³/mol. The number of benzene rings is 2. The van der Waals surface area contributed by atoms with Gasteiger partial charge in [0.05, 0.1) is 14.2 Å². The lowest BCUT2D eigenvalue weighted by atomic mass is 10.1. The summed E-state index contributed by atoms with van der Waals surface area (Å²) in [7, 11) is 6.83. The van der Waals surface area contributed by atoms with Crippen molar-refractivity contribution in [2.75, 3.05) is 41.4 Å². The zero-order valence-electron chi connectivity index (χ0n) is 20.4. The normalized spacial score (nSPS) is 11.6. The van der Waals surface area contributed by atoms with Crippen molar-refractivity contribution in [3.63, 3.8) is 0 Å². The molecule has 0 saturated carbocycles. The zero-order chi connectivity index (χ0) is 25.1. The Bertz CT molecular complexity index is 942. The third kappa shape index (κ3) is 7.81. The number of methoxy groups -OCH3 is 2. The fraction of sp³-hybridized carbons (Fsp3) is 0.440. The molecule has 0 unspecified atom stereocenters. The van der Waals surface area contributed by atoms with Gasteiger partial charge in [-0.2, -0.15) is 0 Å². The van der Waals surface area contributed by atoms with Gasteiger partial charge in [-0.05, 0) is 38.7 Å². The smallest absolute Gasteiger partial charge is 0.252 e. The first-order chi connectivity index (χ1) is 16.3. The second-order valence-corrected chi connectivity index (χ2v) is 8.41. The van der Waals surface area contributed by atoms with E-state index in [-0.39, 0.29) is 12.5 Å². The number of ether oxygens (including phenoxy) is 3. The van der Waals surface area contributed by atoms with E-state index in [1.807, 2.05) is 44.1 Å². The largest absolute Gasteiger partial charge is 0.493 e. The van der Waals surface area contributed by atoms with Crippen LogP contribution in [-0.4, -0.2) is 64.2 Å². The van der Waals surface area contributed by atoms with E-state index in [0.29, 0.717) is 47.3 Å². The van der Waals surface area contributed by atoms with Crippen LogP contribution >= 0.6 is 11.6 Å². The molecular formula is C25H34ClN3O5. The SMILES string of the molecule is CCC[C@H](NC(=O)c1cc(OC)c(OCc2ccccc2Cl)c(OC)c1)C(=O)NCCN(C)C. The molecule has 186 valence electrons. The lowest BCUT2D eigenvalue weighted by molar-refractivity contribution is -0.123. The Kier molecular flexibility index (Phi) is 11.0. The van der Waals surface area contributed by atoms with E-state index in [0.717, 1.165) is 12.0 Å². The minimum atomic E-state index is -0.646. The van der Waals surface area contributed by atoms with Crippen LogP contribution < -0.4 is 24.8 Å². The van der Waals surface area contributed by atoms with Gasteiger partial charge in [-0.3, -0.25) is 9.59 Å². The fourth-order valence-corrected chi connectivity index (χ4v) is 3.43. The van der Waals surface area contributed by atoms with E-state index >= 15 is 0 Å². The molecule has 2 rings (SSSR count). The summed E-state index contributed by atoms with van der Waals surface area (Å²) in [6, 6.07) is 9.84. The number of nitrogens with one attached hydrogen (secondary N) is 2. The van der Waals surface area contributed by atoms with E-state index in [1.54, 1.807) is 18.2 Å². The fourth-order valence-electron chi connectivity index (χ4n) is 3.24. The van der Waals surface area contributed by atoms with E-state index in [4.69, 9.17) is 25.8 Å². The van der Waals surface area contributed by atoms with Gasteiger partial charge < -0.3 is 29.7 Å². The summed E-state index contributed by atoms with van der Waals surface area (Å²) in [6.07, 6.45) is 1.26.